The minimum Gasteiger partial charge on any atom is -0.356 e. The molecule has 17 heavy (non-hydrogen) atoms. The summed E-state index contributed by atoms with van der Waals surface area (Å²) < 4.78 is 0. The van der Waals surface area contributed by atoms with Gasteiger partial charge in [-0.25, -0.2) is 0 Å². The molecule has 1 aliphatic carbocycles. The highest BCUT2D eigenvalue weighted by atomic mass is 32.1. The lowest BCUT2D eigenvalue weighted by Crippen LogP contribution is -1.95. The van der Waals surface area contributed by atoms with Crippen molar-refractivity contribution in [3.8, 4) is 0 Å². The van der Waals surface area contributed by atoms with Gasteiger partial charge in [0.1, 0.15) is 0 Å². The molecule has 100 valence electrons. The quantitative estimate of drug-likeness (QED) is 0.271. The highest BCUT2D eigenvalue weighted by molar-refractivity contribution is 7.99. The number of allylic oxidation sites excluding steroid dienone is 1. The first-order valence-electron chi connectivity index (χ1n) is 7.26. The van der Waals surface area contributed by atoms with E-state index in [9.17, 15) is 5.11 Å². The monoisotopic (exact) mass is 256 g/mol. The Hall–Kier alpha value is -0.0800. The molecule has 0 saturated heterocycles. The smallest absolute Gasteiger partial charge is 0.0926 e. The normalized spacial score (nSPS) is 18.8. The molecule has 1 rings (SSSR count). The Morgan fingerprint density at radius 2 is 1.88 bits per heavy atom. The summed E-state index contributed by atoms with van der Waals surface area (Å²) in [7, 11) is 0. The molecule has 2 heteroatoms. The minimum absolute atomic E-state index is 0.574. The molecule has 0 aromatic heterocycles. The molecule has 1 nitrogen and oxygen atoms in total. The number of aliphatic hydroxyl groups excluding tert-OH is 1. The number of rotatable bonds is 8. The van der Waals surface area contributed by atoms with Crippen LogP contribution in [-0.4, -0.2) is 15.4 Å². The molecule has 0 heterocycles. The number of thiol groups is 1. The van der Waals surface area contributed by atoms with Gasteiger partial charge >= 0.3 is 0 Å². The molecule has 1 saturated carbocycles. The summed E-state index contributed by atoms with van der Waals surface area (Å²) in [6.45, 7) is 2.25. The van der Waals surface area contributed by atoms with Gasteiger partial charge in [-0.2, -0.15) is 11.4 Å². The summed E-state index contributed by atoms with van der Waals surface area (Å²) >= 11 is 1.16. The largest absolute Gasteiger partial charge is 0.356 e. The second-order valence-corrected chi connectivity index (χ2v) is 6.48. The SMILES string of the molecule is CCCCCCC/C=C/C(O)=[SH]\C1CCCC1. The van der Waals surface area contributed by atoms with Crippen LogP contribution in [0.3, 0.4) is 0 Å². The molecule has 1 fully saturated rings. The third-order valence-corrected chi connectivity index (χ3v) is 4.68. The molecular weight excluding hydrogens is 228 g/mol. The van der Waals surface area contributed by atoms with Crippen molar-refractivity contribution >= 4 is 16.4 Å². The van der Waals surface area contributed by atoms with Crippen LogP contribution in [0.1, 0.15) is 71.1 Å². The van der Waals surface area contributed by atoms with E-state index in [1.54, 1.807) is 0 Å². The first-order valence-corrected chi connectivity index (χ1v) is 8.22. The second-order valence-electron chi connectivity index (χ2n) is 5.03. The summed E-state index contributed by atoms with van der Waals surface area (Å²) in [6, 6.07) is 0. The summed E-state index contributed by atoms with van der Waals surface area (Å²) in [5.74, 6) is 0. The van der Waals surface area contributed by atoms with Gasteiger partial charge < -0.3 is 5.11 Å². The molecule has 0 spiro atoms. The lowest BCUT2D eigenvalue weighted by atomic mass is 10.1. The average Bonchev–Trinajstić information content (AvgIpc) is 2.80. The maximum atomic E-state index is 9.77. The van der Waals surface area contributed by atoms with Gasteiger partial charge in [0.15, 0.2) is 0 Å². The fourth-order valence-corrected chi connectivity index (χ4v) is 3.51. The van der Waals surface area contributed by atoms with Gasteiger partial charge in [0.25, 0.3) is 0 Å². The highest BCUT2D eigenvalue weighted by Crippen LogP contribution is 2.25. The van der Waals surface area contributed by atoms with Gasteiger partial charge in [0.2, 0.25) is 0 Å². The molecular formula is C15H28OS. The molecule has 0 radical (unpaired) electrons. The lowest BCUT2D eigenvalue weighted by molar-refractivity contribution is 0.572. The molecule has 0 bridgehead atoms. The van der Waals surface area contributed by atoms with Crippen LogP contribution >= 0.6 is 11.4 Å². The van der Waals surface area contributed by atoms with Crippen LogP contribution in [0.5, 0.6) is 0 Å². The molecule has 0 atom stereocenters. The van der Waals surface area contributed by atoms with Crippen molar-refractivity contribution in [3.05, 3.63) is 12.2 Å². The topological polar surface area (TPSA) is 20.2 Å². The van der Waals surface area contributed by atoms with E-state index >= 15 is 0 Å². The third-order valence-electron chi connectivity index (χ3n) is 3.38. The van der Waals surface area contributed by atoms with Crippen LogP contribution in [0.4, 0.5) is 0 Å². The highest BCUT2D eigenvalue weighted by Gasteiger charge is 2.11. The Balaban J connectivity index is 2.06. The van der Waals surface area contributed by atoms with Crippen molar-refractivity contribution in [2.45, 2.75) is 76.4 Å². The molecule has 0 aromatic carbocycles. The second kappa shape index (κ2) is 9.90. The summed E-state index contributed by atoms with van der Waals surface area (Å²) in [6.07, 6.45) is 17.1. The Bertz CT molecular complexity index is 239. The minimum atomic E-state index is 0.574. The van der Waals surface area contributed by atoms with Gasteiger partial charge in [0, 0.05) is 0 Å². The Labute approximate surface area is 110 Å². The van der Waals surface area contributed by atoms with Gasteiger partial charge in [-0.3, -0.25) is 0 Å². The molecule has 0 unspecified atom stereocenters. The van der Waals surface area contributed by atoms with Crippen LogP contribution < -0.4 is 0 Å². The average molecular weight is 256 g/mol. The fraction of sp³-hybridized carbons (Fsp3) is 0.800. The summed E-state index contributed by atoms with van der Waals surface area (Å²) in [5.41, 5.74) is 0. The van der Waals surface area contributed by atoms with Gasteiger partial charge in [-0.15, -0.1) is 0 Å². The van der Waals surface area contributed by atoms with Crippen LogP contribution in [0.15, 0.2) is 12.2 Å². The van der Waals surface area contributed by atoms with Crippen LogP contribution in [0, 0.1) is 0 Å². The van der Waals surface area contributed by atoms with Gasteiger partial charge in [0.05, 0.1) is 5.05 Å². The van der Waals surface area contributed by atoms with Gasteiger partial charge in [-0.1, -0.05) is 51.5 Å². The number of hydrogen-bond donors (Lipinski definition) is 2. The number of hydrogen-bond acceptors (Lipinski definition) is 0. The predicted molar refractivity (Wildman–Crippen MR) is 81.4 cm³/mol. The number of aliphatic hydroxyl groups is 1. The summed E-state index contributed by atoms with van der Waals surface area (Å²) in [4.78, 5) is 0. The van der Waals surface area contributed by atoms with E-state index in [0.29, 0.717) is 5.05 Å². The van der Waals surface area contributed by atoms with E-state index in [2.05, 4.69) is 13.0 Å². The molecule has 0 aromatic rings. The van der Waals surface area contributed by atoms with E-state index in [1.807, 2.05) is 6.08 Å². The lowest BCUT2D eigenvalue weighted by Gasteiger charge is -2.02. The molecule has 0 aliphatic heterocycles. The fourth-order valence-electron chi connectivity index (χ4n) is 2.32. The zero-order valence-corrected chi connectivity index (χ0v) is 12.1. The Kier molecular flexibility index (Phi) is 8.72. The van der Waals surface area contributed by atoms with E-state index in [1.165, 1.54) is 57.8 Å². The molecule has 1 aliphatic rings. The first kappa shape index (κ1) is 15.0. The van der Waals surface area contributed by atoms with Crippen molar-refractivity contribution in [3.63, 3.8) is 0 Å². The Morgan fingerprint density at radius 1 is 1.18 bits per heavy atom. The third kappa shape index (κ3) is 7.77. The predicted octanol–water partition coefficient (Wildman–Crippen LogP) is 5.00. The maximum Gasteiger partial charge on any atom is 0.0926 e. The van der Waals surface area contributed by atoms with E-state index in [4.69, 9.17) is 0 Å². The van der Waals surface area contributed by atoms with E-state index < -0.39 is 0 Å². The van der Waals surface area contributed by atoms with Crippen molar-refractivity contribution in [1.82, 2.24) is 0 Å². The van der Waals surface area contributed by atoms with Crippen LogP contribution in [0.25, 0.3) is 0 Å². The van der Waals surface area contributed by atoms with Crippen molar-refractivity contribution in [2.24, 2.45) is 0 Å². The van der Waals surface area contributed by atoms with E-state index in [-0.39, 0.29) is 0 Å². The van der Waals surface area contributed by atoms with Crippen LogP contribution in [0.2, 0.25) is 0 Å². The van der Waals surface area contributed by atoms with Gasteiger partial charge in [-0.05, 0) is 37.0 Å². The van der Waals surface area contributed by atoms with Crippen molar-refractivity contribution < 1.29 is 5.11 Å². The zero-order valence-electron chi connectivity index (χ0n) is 11.2. The molecule has 1 N–H and O–H groups in total. The van der Waals surface area contributed by atoms with Crippen molar-refractivity contribution in [1.29, 1.82) is 0 Å². The zero-order chi connectivity index (χ0) is 12.3. The first-order chi connectivity index (χ1) is 8.33. The number of unbranched alkanes of at least 4 members (excludes halogenated alkanes) is 5. The molecule has 0 amide bonds. The van der Waals surface area contributed by atoms with Crippen LogP contribution in [-0.2, 0) is 0 Å². The maximum absolute atomic E-state index is 9.77. The standard InChI is InChI=1S/C15H28OS/c1-2-3-4-5-6-7-8-13-15(16)17-14-11-9-10-12-14/h8,13-14,16-17H,2-7,9-12H2,1H3/b13-8+. The Morgan fingerprint density at radius 3 is 2.59 bits per heavy atom. The summed E-state index contributed by atoms with van der Waals surface area (Å²) in [5, 5.41) is 11.1. The van der Waals surface area contributed by atoms with E-state index in [0.717, 1.165) is 23.0 Å². The van der Waals surface area contributed by atoms with Crippen molar-refractivity contribution in [2.75, 3.05) is 0 Å².